The standard InChI is InChI=1S/C19H16N2O3/c1-13(22)16-8-4-5-9-17(16)21-19(23)15(12-20)11-14-7-3-6-10-18(14)24-2/h3-11H,1-2H3,(H,21,23)/b15-11-. The van der Waals surface area contributed by atoms with Crippen LogP contribution in [0.15, 0.2) is 54.1 Å². The molecule has 120 valence electrons. The van der Waals surface area contributed by atoms with Gasteiger partial charge in [-0.05, 0) is 31.2 Å². The Morgan fingerprint density at radius 3 is 2.46 bits per heavy atom. The Kier molecular flexibility index (Phi) is 5.48. The molecule has 2 aromatic rings. The minimum atomic E-state index is -0.586. The SMILES string of the molecule is COc1ccccc1/C=C(/C#N)C(=O)Nc1ccccc1C(C)=O. The van der Waals surface area contributed by atoms with E-state index in [1.54, 1.807) is 48.5 Å². The van der Waals surface area contributed by atoms with E-state index in [4.69, 9.17) is 4.74 Å². The van der Waals surface area contributed by atoms with E-state index in [9.17, 15) is 14.9 Å². The number of rotatable bonds is 5. The van der Waals surface area contributed by atoms with Crippen LogP contribution >= 0.6 is 0 Å². The minimum Gasteiger partial charge on any atom is -0.496 e. The van der Waals surface area contributed by atoms with Gasteiger partial charge in [-0.3, -0.25) is 9.59 Å². The number of carbonyl (C=O) groups excluding carboxylic acids is 2. The summed E-state index contributed by atoms with van der Waals surface area (Å²) >= 11 is 0. The van der Waals surface area contributed by atoms with E-state index < -0.39 is 5.91 Å². The number of para-hydroxylation sites is 2. The Hall–Kier alpha value is -3.39. The number of nitrogens with zero attached hydrogens (tertiary/aromatic N) is 1. The van der Waals surface area contributed by atoms with Crippen LogP contribution in [-0.2, 0) is 4.79 Å². The summed E-state index contributed by atoms with van der Waals surface area (Å²) in [4.78, 5) is 24.0. The van der Waals surface area contributed by atoms with Crippen molar-refractivity contribution in [3.8, 4) is 11.8 Å². The van der Waals surface area contributed by atoms with E-state index in [1.165, 1.54) is 20.1 Å². The van der Waals surface area contributed by atoms with Crippen LogP contribution in [0.4, 0.5) is 5.69 Å². The zero-order valence-corrected chi connectivity index (χ0v) is 13.4. The lowest BCUT2D eigenvalue weighted by Gasteiger charge is -2.09. The number of carbonyl (C=O) groups is 2. The first kappa shape index (κ1) is 17.0. The lowest BCUT2D eigenvalue weighted by Crippen LogP contribution is -2.15. The number of Topliss-reactive ketones (excluding diaryl/α,β-unsaturated/α-hetero) is 1. The Bertz CT molecular complexity index is 848. The molecule has 1 N–H and O–H groups in total. The third-order valence-corrected chi connectivity index (χ3v) is 3.36. The summed E-state index contributed by atoms with van der Waals surface area (Å²) in [5, 5.41) is 11.9. The summed E-state index contributed by atoms with van der Waals surface area (Å²) < 4.78 is 5.21. The molecular weight excluding hydrogens is 304 g/mol. The van der Waals surface area contributed by atoms with Crippen LogP contribution in [0.25, 0.3) is 6.08 Å². The fraction of sp³-hybridized carbons (Fsp3) is 0.105. The highest BCUT2D eigenvalue weighted by molar-refractivity contribution is 6.12. The molecule has 24 heavy (non-hydrogen) atoms. The molecule has 0 aliphatic carbocycles. The number of ketones is 1. The summed E-state index contributed by atoms with van der Waals surface area (Å²) in [5.74, 6) is -0.197. The molecule has 0 aliphatic rings. The van der Waals surface area contributed by atoms with Crippen molar-refractivity contribution in [2.75, 3.05) is 12.4 Å². The second-order valence-corrected chi connectivity index (χ2v) is 4.97. The second-order valence-electron chi connectivity index (χ2n) is 4.97. The average Bonchev–Trinajstić information content (AvgIpc) is 2.60. The van der Waals surface area contributed by atoms with Gasteiger partial charge in [0.05, 0.1) is 12.8 Å². The van der Waals surface area contributed by atoms with Crippen molar-refractivity contribution in [2.45, 2.75) is 6.92 Å². The van der Waals surface area contributed by atoms with Crippen LogP contribution < -0.4 is 10.1 Å². The molecule has 0 aromatic heterocycles. The molecule has 0 radical (unpaired) electrons. The average molecular weight is 320 g/mol. The molecule has 0 spiro atoms. The first-order valence-electron chi connectivity index (χ1n) is 7.23. The Morgan fingerprint density at radius 1 is 1.12 bits per heavy atom. The highest BCUT2D eigenvalue weighted by Gasteiger charge is 2.14. The molecule has 0 fully saturated rings. The number of methoxy groups -OCH3 is 1. The highest BCUT2D eigenvalue weighted by atomic mass is 16.5. The minimum absolute atomic E-state index is 0.0853. The van der Waals surface area contributed by atoms with Gasteiger partial charge in [-0.15, -0.1) is 0 Å². The number of nitriles is 1. The maximum Gasteiger partial charge on any atom is 0.266 e. The number of nitrogens with one attached hydrogen (secondary N) is 1. The van der Waals surface area contributed by atoms with Crippen molar-refractivity contribution in [1.82, 2.24) is 0 Å². The number of hydrogen-bond donors (Lipinski definition) is 1. The Morgan fingerprint density at radius 2 is 1.79 bits per heavy atom. The van der Waals surface area contributed by atoms with Crippen molar-refractivity contribution < 1.29 is 14.3 Å². The fourth-order valence-corrected chi connectivity index (χ4v) is 2.18. The molecule has 0 saturated carbocycles. The second kappa shape index (κ2) is 7.75. The molecule has 0 heterocycles. The fourth-order valence-electron chi connectivity index (χ4n) is 2.18. The predicted molar refractivity (Wildman–Crippen MR) is 91.7 cm³/mol. The number of ether oxygens (including phenoxy) is 1. The third-order valence-electron chi connectivity index (χ3n) is 3.36. The van der Waals surface area contributed by atoms with Crippen molar-refractivity contribution in [1.29, 1.82) is 5.26 Å². The van der Waals surface area contributed by atoms with Gasteiger partial charge in [0.25, 0.3) is 5.91 Å². The molecule has 0 bridgehead atoms. The summed E-state index contributed by atoms with van der Waals surface area (Å²) in [5.41, 5.74) is 1.29. The lowest BCUT2D eigenvalue weighted by molar-refractivity contribution is -0.112. The molecule has 0 unspecified atom stereocenters. The summed E-state index contributed by atoms with van der Waals surface area (Å²) in [6, 6.07) is 15.6. The number of hydrogen-bond acceptors (Lipinski definition) is 4. The zero-order valence-electron chi connectivity index (χ0n) is 13.4. The van der Waals surface area contributed by atoms with Gasteiger partial charge in [0.1, 0.15) is 17.4 Å². The number of anilines is 1. The monoisotopic (exact) mass is 320 g/mol. The molecule has 2 aromatic carbocycles. The molecular formula is C19H16N2O3. The maximum atomic E-state index is 12.4. The molecule has 5 nitrogen and oxygen atoms in total. The molecule has 0 saturated heterocycles. The van der Waals surface area contributed by atoms with Crippen molar-refractivity contribution >= 4 is 23.5 Å². The highest BCUT2D eigenvalue weighted by Crippen LogP contribution is 2.21. The van der Waals surface area contributed by atoms with Gasteiger partial charge >= 0.3 is 0 Å². The first-order chi connectivity index (χ1) is 11.6. The van der Waals surface area contributed by atoms with E-state index >= 15 is 0 Å². The van der Waals surface area contributed by atoms with Gasteiger partial charge in [-0.2, -0.15) is 5.26 Å². The van der Waals surface area contributed by atoms with Gasteiger partial charge in [-0.1, -0.05) is 30.3 Å². The van der Waals surface area contributed by atoms with Crippen LogP contribution in [0.2, 0.25) is 0 Å². The molecule has 0 aliphatic heterocycles. The lowest BCUT2D eigenvalue weighted by atomic mass is 10.1. The maximum absolute atomic E-state index is 12.4. The topological polar surface area (TPSA) is 79.2 Å². The molecule has 2 rings (SSSR count). The van der Waals surface area contributed by atoms with Gasteiger partial charge < -0.3 is 10.1 Å². The van der Waals surface area contributed by atoms with E-state index in [-0.39, 0.29) is 11.4 Å². The molecule has 0 atom stereocenters. The van der Waals surface area contributed by atoms with Crippen LogP contribution in [0.3, 0.4) is 0 Å². The van der Waals surface area contributed by atoms with Crippen molar-refractivity contribution in [3.63, 3.8) is 0 Å². The van der Waals surface area contributed by atoms with Crippen molar-refractivity contribution in [3.05, 3.63) is 65.2 Å². The smallest absolute Gasteiger partial charge is 0.266 e. The van der Waals surface area contributed by atoms with Crippen molar-refractivity contribution in [2.24, 2.45) is 0 Å². The first-order valence-corrected chi connectivity index (χ1v) is 7.23. The zero-order chi connectivity index (χ0) is 17.5. The number of amides is 1. The van der Waals surface area contributed by atoms with Crippen LogP contribution in [-0.4, -0.2) is 18.8 Å². The van der Waals surface area contributed by atoms with Crippen LogP contribution in [0.5, 0.6) is 5.75 Å². The largest absolute Gasteiger partial charge is 0.496 e. The summed E-state index contributed by atoms with van der Waals surface area (Å²) in [6.07, 6.45) is 1.45. The quantitative estimate of drug-likeness (QED) is 0.520. The van der Waals surface area contributed by atoms with Crippen LogP contribution in [0.1, 0.15) is 22.8 Å². The predicted octanol–water partition coefficient (Wildman–Crippen LogP) is 3.44. The molecule has 1 amide bonds. The van der Waals surface area contributed by atoms with Gasteiger partial charge in [-0.25, -0.2) is 0 Å². The summed E-state index contributed by atoms with van der Waals surface area (Å²) in [6.45, 7) is 1.42. The van der Waals surface area contributed by atoms with E-state index in [0.29, 0.717) is 22.6 Å². The number of benzene rings is 2. The van der Waals surface area contributed by atoms with Crippen LogP contribution in [0, 0.1) is 11.3 Å². The van der Waals surface area contributed by atoms with E-state index in [2.05, 4.69) is 5.32 Å². The third kappa shape index (κ3) is 3.87. The van der Waals surface area contributed by atoms with Gasteiger partial charge in [0, 0.05) is 11.1 Å². The van der Waals surface area contributed by atoms with Gasteiger partial charge in [0.2, 0.25) is 0 Å². The van der Waals surface area contributed by atoms with E-state index in [1.807, 2.05) is 6.07 Å². The normalized spacial score (nSPS) is 10.6. The van der Waals surface area contributed by atoms with Gasteiger partial charge in [0.15, 0.2) is 5.78 Å². The summed E-state index contributed by atoms with van der Waals surface area (Å²) in [7, 11) is 1.52. The Labute approximate surface area is 140 Å². The Balaban J connectivity index is 2.32. The molecule has 5 heteroatoms. The van der Waals surface area contributed by atoms with E-state index in [0.717, 1.165) is 0 Å².